The summed E-state index contributed by atoms with van der Waals surface area (Å²) in [4.78, 5) is 1.29. The predicted octanol–water partition coefficient (Wildman–Crippen LogP) is 5.37. The Bertz CT molecular complexity index is 998. The zero-order chi connectivity index (χ0) is 19.9. The summed E-state index contributed by atoms with van der Waals surface area (Å²) in [5.41, 5.74) is -1.97. The van der Waals surface area contributed by atoms with Crippen LogP contribution in [0.15, 0.2) is 24.3 Å². The molecule has 0 saturated carbocycles. The highest BCUT2D eigenvalue weighted by atomic mass is 19.3. The molecule has 3 nitrogen and oxygen atoms in total. The van der Waals surface area contributed by atoms with Crippen molar-refractivity contribution in [3.05, 3.63) is 58.2 Å². The number of hydrogen-bond acceptors (Lipinski definition) is 3. The van der Waals surface area contributed by atoms with E-state index in [9.17, 15) is 32.5 Å². The molecule has 0 spiro atoms. The van der Waals surface area contributed by atoms with E-state index in [0.717, 1.165) is 24.3 Å². The number of anilines is 2. The molecule has 1 aliphatic rings. The Labute approximate surface area is 151 Å². The first kappa shape index (κ1) is 18.7. The zero-order valence-electron chi connectivity index (χ0n) is 14.0. The lowest BCUT2D eigenvalue weighted by Crippen LogP contribution is -2.28. The van der Waals surface area contributed by atoms with Crippen molar-refractivity contribution in [1.29, 1.82) is 10.5 Å². The lowest BCUT2D eigenvalue weighted by molar-refractivity contribution is 0.0137. The van der Waals surface area contributed by atoms with Crippen LogP contribution in [0.5, 0.6) is 0 Å². The number of rotatable bonds is 2. The van der Waals surface area contributed by atoms with Gasteiger partial charge in [0.05, 0.1) is 22.5 Å². The number of nitriles is 2. The molecule has 2 aromatic rings. The van der Waals surface area contributed by atoms with Gasteiger partial charge in [0.25, 0.3) is 5.92 Å². The maximum absolute atomic E-state index is 14.6. The number of nitrogens with zero attached hydrogens (tertiary/aromatic N) is 3. The van der Waals surface area contributed by atoms with E-state index in [1.54, 1.807) is 12.1 Å². The first-order chi connectivity index (χ1) is 12.7. The molecule has 27 heavy (non-hydrogen) atoms. The first-order valence-corrected chi connectivity index (χ1v) is 7.95. The van der Waals surface area contributed by atoms with Gasteiger partial charge in [-0.15, -0.1) is 0 Å². The molecule has 2 aromatic carbocycles. The summed E-state index contributed by atoms with van der Waals surface area (Å²) in [5, 5.41) is 18.6. The van der Waals surface area contributed by atoms with Crippen LogP contribution < -0.4 is 4.90 Å². The van der Waals surface area contributed by atoms with Crippen LogP contribution in [0, 0.1) is 34.3 Å². The highest BCUT2D eigenvalue weighted by Gasteiger charge is 2.34. The average molecular weight is 377 g/mol. The van der Waals surface area contributed by atoms with Gasteiger partial charge >= 0.3 is 0 Å². The van der Waals surface area contributed by atoms with Crippen LogP contribution in [0.2, 0.25) is 0 Å². The highest BCUT2D eigenvalue weighted by Crippen LogP contribution is 2.44. The maximum Gasteiger partial charge on any atom is 0.273 e. The summed E-state index contributed by atoms with van der Waals surface area (Å²) >= 11 is 0. The Hall–Kier alpha value is -3.13. The Morgan fingerprint density at radius 1 is 1.15 bits per heavy atom. The van der Waals surface area contributed by atoms with Crippen molar-refractivity contribution < 1.29 is 22.0 Å². The van der Waals surface area contributed by atoms with E-state index in [-0.39, 0.29) is 35.5 Å². The van der Waals surface area contributed by atoms with E-state index in [4.69, 9.17) is 0 Å². The van der Waals surface area contributed by atoms with Gasteiger partial charge < -0.3 is 4.90 Å². The number of alkyl halides is 3. The van der Waals surface area contributed by atoms with E-state index < -0.39 is 34.9 Å². The van der Waals surface area contributed by atoms with E-state index in [2.05, 4.69) is 0 Å². The third-order valence-electron chi connectivity index (χ3n) is 4.43. The van der Waals surface area contributed by atoms with Gasteiger partial charge in [-0.2, -0.15) is 10.5 Å². The molecule has 138 valence electrons. The lowest BCUT2D eigenvalue weighted by atomic mass is 9.94. The highest BCUT2D eigenvalue weighted by molar-refractivity contribution is 5.77. The van der Waals surface area contributed by atoms with Crippen molar-refractivity contribution in [2.24, 2.45) is 0 Å². The summed E-state index contributed by atoms with van der Waals surface area (Å²) < 4.78 is 69.7. The van der Waals surface area contributed by atoms with Gasteiger partial charge in [0, 0.05) is 25.5 Å². The maximum atomic E-state index is 14.6. The molecular weight excluding hydrogens is 365 g/mol. The zero-order valence-corrected chi connectivity index (χ0v) is 14.0. The summed E-state index contributed by atoms with van der Waals surface area (Å²) in [5.74, 6) is -5.69. The number of benzene rings is 2. The van der Waals surface area contributed by atoms with Crippen LogP contribution in [0.3, 0.4) is 0 Å². The Morgan fingerprint density at radius 3 is 2.44 bits per heavy atom. The van der Waals surface area contributed by atoms with Gasteiger partial charge in [-0.05, 0) is 24.3 Å². The van der Waals surface area contributed by atoms with Crippen LogP contribution in [0.4, 0.5) is 33.3 Å². The normalized spacial score (nSPS) is 16.4. The summed E-state index contributed by atoms with van der Waals surface area (Å²) in [7, 11) is 0. The second-order valence-electron chi connectivity index (χ2n) is 6.23. The minimum atomic E-state index is -3.50. The molecule has 0 unspecified atom stereocenters. The van der Waals surface area contributed by atoms with Crippen LogP contribution >= 0.6 is 0 Å². The van der Waals surface area contributed by atoms with Gasteiger partial charge in [0.1, 0.15) is 29.7 Å². The lowest BCUT2D eigenvalue weighted by Gasteiger charge is -2.34. The van der Waals surface area contributed by atoms with Crippen molar-refractivity contribution in [2.45, 2.75) is 25.4 Å². The van der Waals surface area contributed by atoms with Crippen LogP contribution in [0.25, 0.3) is 0 Å². The molecule has 1 heterocycles. The smallest absolute Gasteiger partial charge is 0.273 e. The summed E-state index contributed by atoms with van der Waals surface area (Å²) in [6.45, 7) is 0.469. The summed E-state index contributed by atoms with van der Waals surface area (Å²) in [6, 6.07) is 7.14. The molecule has 0 aromatic heterocycles. The molecule has 1 aliphatic heterocycles. The molecule has 0 fully saturated rings. The third kappa shape index (κ3) is 3.08. The third-order valence-corrected chi connectivity index (χ3v) is 4.43. The molecular formula is C19H12F5N3. The molecule has 8 heteroatoms. The topological polar surface area (TPSA) is 50.8 Å². The van der Waals surface area contributed by atoms with Gasteiger partial charge in [-0.3, -0.25) is 0 Å². The Morgan fingerprint density at radius 2 is 1.85 bits per heavy atom. The fourth-order valence-electron chi connectivity index (χ4n) is 3.23. The van der Waals surface area contributed by atoms with Crippen LogP contribution in [0.1, 0.15) is 41.8 Å². The van der Waals surface area contributed by atoms with E-state index in [0.29, 0.717) is 6.92 Å². The van der Waals surface area contributed by atoms with Crippen molar-refractivity contribution in [3.8, 4) is 12.1 Å². The van der Waals surface area contributed by atoms with E-state index in [1.807, 2.05) is 0 Å². The molecule has 0 N–H and O–H groups in total. The predicted molar refractivity (Wildman–Crippen MR) is 87.3 cm³/mol. The van der Waals surface area contributed by atoms with Gasteiger partial charge in [0.2, 0.25) is 0 Å². The molecule has 3 rings (SSSR count). The van der Waals surface area contributed by atoms with Gasteiger partial charge in [-0.25, -0.2) is 22.0 Å². The number of hydrogen-bond donors (Lipinski definition) is 0. The number of halogens is 5. The monoisotopic (exact) mass is 377 g/mol. The van der Waals surface area contributed by atoms with E-state index >= 15 is 0 Å². The molecule has 0 amide bonds. The second-order valence-corrected chi connectivity index (χ2v) is 6.23. The minimum Gasteiger partial charge on any atom is -0.339 e. The summed E-state index contributed by atoms with van der Waals surface area (Å²) in [6.07, 6.45) is -1.65. The van der Waals surface area contributed by atoms with Gasteiger partial charge in [-0.1, -0.05) is 0 Å². The Balaban J connectivity index is 2.27. The van der Waals surface area contributed by atoms with Crippen molar-refractivity contribution in [1.82, 2.24) is 0 Å². The van der Waals surface area contributed by atoms with E-state index in [1.165, 1.54) is 4.90 Å². The average Bonchev–Trinajstić information content (AvgIpc) is 2.60. The first-order valence-electron chi connectivity index (χ1n) is 7.95. The molecule has 1 atom stereocenters. The molecule has 0 radical (unpaired) electrons. The minimum absolute atomic E-state index is 0.00422. The van der Waals surface area contributed by atoms with Gasteiger partial charge in [0.15, 0.2) is 5.82 Å². The van der Waals surface area contributed by atoms with Crippen LogP contribution in [-0.4, -0.2) is 6.54 Å². The standard InChI is InChI=1S/C19H12F5N3/c1-19(23,24)14-2-3-16(13(9-26)17(14)22)27-5-4-15(21)12-7-11(20)6-10(8-25)18(12)27/h2-3,6-7,15H,4-5H2,1H3/t15-/m0/s1. The quantitative estimate of drug-likeness (QED) is 0.661. The second kappa shape index (κ2) is 6.55. The molecule has 0 aliphatic carbocycles. The van der Waals surface area contributed by atoms with Crippen LogP contribution in [-0.2, 0) is 5.92 Å². The fraction of sp³-hybridized carbons (Fsp3) is 0.263. The van der Waals surface area contributed by atoms with Crippen molar-refractivity contribution >= 4 is 11.4 Å². The SMILES string of the molecule is CC(F)(F)c1ccc(N2CC[C@H](F)c3cc(F)cc(C#N)c32)c(C#N)c1F. The number of fused-ring (bicyclic) bond motifs is 1. The largest absolute Gasteiger partial charge is 0.339 e. The van der Waals surface area contributed by atoms with Crippen molar-refractivity contribution in [3.63, 3.8) is 0 Å². The fourth-order valence-corrected chi connectivity index (χ4v) is 3.23. The molecule has 0 bridgehead atoms. The molecule has 0 saturated heterocycles. The Kier molecular flexibility index (Phi) is 4.52. The van der Waals surface area contributed by atoms with Crippen molar-refractivity contribution in [2.75, 3.05) is 11.4 Å².